The molecule has 2 aromatic carbocycles. The number of alkyl halides is 3. The molecule has 0 saturated carbocycles. The lowest BCUT2D eigenvalue weighted by Gasteiger charge is -2.33. The molecule has 0 aromatic heterocycles. The van der Waals surface area contributed by atoms with Crippen LogP contribution in [0.5, 0.6) is 0 Å². The third kappa shape index (κ3) is 4.05. The minimum Gasteiger partial charge on any atom is -0.370 e. The number of imide groups is 1. The lowest BCUT2D eigenvalue weighted by atomic mass is 9.91. The van der Waals surface area contributed by atoms with Crippen LogP contribution in [0.15, 0.2) is 48.5 Å². The summed E-state index contributed by atoms with van der Waals surface area (Å²) in [4.78, 5) is 38.4. The number of hydrogen-bond acceptors (Lipinski definition) is 4. The first-order chi connectivity index (χ1) is 15.1. The monoisotopic (exact) mass is 447 g/mol. The maximum absolute atomic E-state index is 13.1. The Morgan fingerprint density at radius 2 is 1.88 bits per heavy atom. The fraction of sp³-hybridized carbons (Fsp3) is 0.318. The van der Waals surface area contributed by atoms with Crippen molar-refractivity contribution in [3.63, 3.8) is 0 Å². The molecular formula is C22H20F3N3O4. The van der Waals surface area contributed by atoms with Gasteiger partial charge in [-0.05, 0) is 42.3 Å². The van der Waals surface area contributed by atoms with Crippen LogP contribution in [0.4, 0.5) is 18.0 Å². The highest BCUT2D eigenvalue weighted by Gasteiger charge is 2.43. The van der Waals surface area contributed by atoms with E-state index in [-0.39, 0.29) is 19.1 Å². The standard InChI is InChI=1S/C22H20F3N3O4/c1-21(19(30)26-20(31)27-21)16-4-2-3-14(11-16)18(29)28-9-10-32-17(12-28)13-5-7-15(8-6-13)22(23,24)25/h2-8,11,17H,9-10,12H2,1H3,(H2,26,27,30,31). The molecule has 0 spiro atoms. The van der Waals surface area contributed by atoms with Crippen LogP contribution in [0, 0.1) is 0 Å². The molecule has 2 unspecified atom stereocenters. The molecule has 2 saturated heterocycles. The van der Waals surface area contributed by atoms with E-state index in [9.17, 15) is 27.6 Å². The van der Waals surface area contributed by atoms with Crippen molar-refractivity contribution in [2.24, 2.45) is 0 Å². The highest BCUT2D eigenvalue weighted by Crippen LogP contribution is 2.31. The van der Waals surface area contributed by atoms with Crippen molar-refractivity contribution in [1.29, 1.82) is 0 Å². The fourth-order valence-corrected chi connectivity index (χ4v) is 3.81. The molecule has 4 rings (SSSR count). The number of nitrogens with one attached hydrogen (secondary N) is 2. The van der Waals surface area contributed by atoms with Crippen molar-refractivity contribution in [1.82, 2.24) is 15.5 Å². The van der Waals surface area contributed by atoms with Crippen LogP contribution in [0.2, 0.25) is 0 Å². The number of urea groups is 1. The van der Waals surface area contributed by atoms with E-state index >= 15 is 0 Å². The number of ether oxygens (including phenoxy) is 1. The van der Waals surface area contributed by atoms with Crippen LogP contribution < -0.4 is 10.6 Å². The van der Waals surface area contributed by atoms with Gasteiger partial charge in [0.15, 0.2) is 0 Å². The number of carbonyl (C=O) groups is 3. The maximum atomic E-state index is 13.1. The fourth-order valence-electron chi connectivity index (χ4n) is 3.81. The zero-order chi connectivity index (χ0) is 23.1. The van der Waals surface area contributed by atoms with Crippen molar-refractivity contribution in [3.8, 4) is 0 Å². The van der Waals surface area contributed by atoms with E-state index in [0.717, 1.165) is 12.1 Å². The summed E-state index contributed by atoms with van der Waals surface area (Å²) in [5.41, 5.74) is -0.716. The summed E-state index contributed by atoms with van der Waals surface area (Å²) in [6.45, 7) is 2.26. The van der Waals surface area contributed by atoms with E-state index in [1.54, 1.807) is 36.1 Å². The molecule has 2 fully saturated rings. The molecule has 10 heteroatoms. The van der Waals surface area contributed by atoms with Gasteiger partial charge in [0, 0.05) is 12.1 Å². The second kappa shape index (κ2) is 7.94. The van der Waals surface area contributed by atoms with E-state index in [0.29, 0.717) is 23.2 Å². The van der Waals surface area contributed by atoms with Gasteiger partial charge in [-0.15, -0.1) is 0 Å². The van der Waals surface area contributed by atoms with Crippen LogP contribution in [-0.2, 0) is 21.2 Å². The highest BCUT2D eigenvalue weighted by atomic mass is 19.4. The minimum absolute atomic E-state index is 0.170. The average molecular weight is 447 g/mol. The number of nitrogens with zero attached hydrogens (tertiary/aromatic N) is 1. The van der Waals surface area contributed by atoms with Gasteiger partial charge in [0.1, 0.15) is 11.6 Å². The molecule has 2 atom stereocenters. The maximum Gasteiger partial charge on any atom is 0.416 e. The molecule has 7 nitrogen and oxygen atoms in total. The molecular weight excluding hydrogens is 427 g/mol. The van der Waals surface area contributed by atoms with Crippen molar-refractivity contribution in [2.45, 2.75) is 24.7 Å². The molecule has 0 aliphatic carbocycles. The largest absolute Gasteiger partial charge is 0.416 e. The topological polar surface area (TPSA) is 87.7 Å². The molecule has 2 aliphatic rings. The van der Waals surface area contributed by atoms with Crippen LogP contribution in [0.25, 0.3) is 0 Å². The normalized spacial score (nSPS) is 23.6. The summed E-state index contributed by atoms with van der Waals surface area (Å²) in [6, 6.07) is 10.5. The SMILES string of the molecule is CC1(c2cccc(C(=O)N3CCOC(c4ccc(C(F)(F)F)cc4)C3)c2)NC(=O)NC1=O. The van der Waals surface area contributed by atoms with Gasteiger partial charge in [0.2, 0.25) is 0 Å². The Morgan fingerprint density at radius 1 is 1.16 bits per heavy atom. The summed E-state index contributed by atoms with van der Waals surface area (Å²) in [5, 5.41) is 4.74. The predicted octanol–water partition coefficient (Wildman–Crippen LogP) is 2.97. The summed E-state index contributed by atoms with van der Waals surface area (Å²) >= 11 is 0. The van der Waals surface area contributed by atoms with Crippen molar-refractivity contribution in [3.05, 3.63) is 70.8 Å². The number of rotatable bonds is 3. The molecule has 4 amide bonds. The Bertz CT molecular complexity index is 1070. The van der Waals surface area contributed by atoms with Gasteiger partial charge >= 0.3 is 12.2 Å². The van der Waals surface area contributed by atoms with Crippen molar-refractivity contribution in [2.75, 3.05) is 19.7 Å². The smallest absolute Gasteiger partial charge is 0.370 e. The molecule has 2 aromatic rings. The molecule has 2 aliphatic heterocycles. The molecule has 0 radical (unpaired) electrons. The first-order valence-corrected chi connectivity index (χ1v) is 9.90. The van der Waals surface area contributed by atoms with Gasteiger partial charge in [-0.3, -0.25) is 14.9 Å². The molecule has 0 bridgehead atoms. The Labute approximate surface area is 181 Å². The van der Waals surface area contributed by atoms with Gasteiger partial charge < -0.3 is 15.0 Å². The van der Waals surface area contributed by atoms with E-state index in [1.165, 1.54) is 12.1 Å². The Kier molecular flexibility index (Phi) is 5.41. The van der Waals surface area contributed by atoms with E-state index in [4.69, 9.17) is 4.74 Å². The van der Waals surface area contributed by atoms with E-state index < -0.39 is 35.3 Å². The molecule has 2 heterocycles. The van der Waals surface area contributed by atoms with Crippen LogP contribution in [0.1, 0.15) is 40.1 Å². The van der Waals surface area contributed by atoms with Crippen molar-refractivity contribution >= 4 is 17.8 Å². The third-order valence-electron chi connectivity index (χ3n) is 5.70. The number of halogens is 3. The summed E-state index contributed by atoms with van der Waals surface area (Å²) in [6.07, 6.45) is -4.98. The first-order valence-electron chi connectivity index (χ1n) is 9.90. The van der Waals surface area contributed by atoms with E-state index in [2.05, 4.69) is 10.6 Å². The van der Waals surface area contributed by atoms with Gasteiger partial charge in [-0.25, -0.2) is 4.79 Å². The van der Waals surface area contributed by atoms with Gasteiger partial charge in [0.05, 0.1) is 18.7 Å². The number of benzene rings is 2. The lowest BCUT2D eigenvalue weighted by molar-refractivity contribution is -0.137. The van der Waals surface area contributed by atoms with Crippen LogP contribution in [-0.4, -0.2) is 42.4 Å². The Hall–Kier alpha value is -3.40. The Balaban J connectivity index is 1.51. The average Bonchev–Trinajstić information content (AvgIpc) is 3.05. The zero-order valence-corrected chi connectivity index (χ0v) is 17.0. The number of hydrogen-bond donors (Lipinski definition) is 2. The summed E-state index contributed by atoms with van der Waals surface area (Å²) in [5.74, 6) is -0.818. The predicted molar refractivity (Wildman–Crippen MR) is 107 cm³/mol. The third-order valence-corrected chi connectivity index (χ3v) is 5.70. The zero-order valence-electron chi connectivity index (χ0n) is 17.0. The van der Waals surface area contributed by atoms with Crippen molar-refractivity contribution < 1.29 is 32.3 Å². The second-order valence-electron chi connectivity index (χ2n) is 7.84. The molecule has 2 N–H and O–H groups in total. The second-order valence-corrected chi connectivity index (χ2v) is 7.84. The molecule has 32 heavy (non-hydrogen) atoms. The van der Waals surface area contributed by atoms with Gasteiger partial charge in [-0.2, -0.15) is 13.2 Å². The van der Waals surface area contributed by atoms with Crippen LogP contribution in [0.3, 0.4) is 0 Å². The molecule has 168 valence electrons. The summed E-state index contributed by atoms with van der Waals surface area (Å²) < 4.78 is 44.1. The van der Waals surface area contributed by atoms with Crippen LogP contribution >= 0.6 is 0 Å². The van der Waals surface area contributed by atoms with Gasteiger partial charge in [-0.1, -0.05) is 24.3 Å². The quantitative estimate of drug-likeness (QED) is 0.709. The lowest BCUT2D eigenvalue weighted by Crippen LogP contribution is -2.43. The Morgan fingerprint density at radius 3 is 2.50 bits per heavy atom. The number of carbonyl (C=O) groups excluding carboxylic acids is 3. The highest BCUT2D eigenvalue weighted by molar-refractivity contribution is 6.07. The number of amides is 4. The van der Waals surface area contributed by atoms with Gasteiger partial charge in [0.25, 0.3) is 11.8 Å². The summed E-state index contributed by atoms with van der Waals surface area (Å²) in [7, 11) is 0. The van der Waals surface area contributed by atoms with E-state index in [1.807, 2.05) is 0 Å². The first kappa shape index (κ1) is 21.8. The minimum atomic E-state index is -4.43. The number of morpholine rings is 1.